The minimum atomic E-state index is 0.284. The summed E-state index contributed by atoms with van der Waals surface area (Å²) in [6.45, 7) is 3.27. The topological polar surface area (TPSA) is 98.0 Å². The van der Waals surface area contributed by atoms with Crippen LogP contribution in [0.15, 0.2) is 0 Å². The van der Waals surface area contributed by atoms with Gasteiger partial charge in [0.15, 0.2) is 0 Å². The van der Waals surface area contributed by atoms with Gasteiger partial charge in [0.25, 0.3) is 0 Å². The standard InChI is InChI=1S/C10H18N6O/c1-2-17-10-14-8(13-9(15-10)16-11)12-6-7-4-3-5-7/h7H,2-6,11H2,1H3,(H2,12,13,14,15,16). The molecule has 0 aliphatic heterocycles. The zero-order valence-corrected chi connectivity index (χ0v) is 9.94. The van der Waals surface area contributed by atoms with Gasteiger partial charge < -0.3 is 10.1 Å². The number of hydrogen-bond acceptors (Lipinski definition) is 7. The number of hydrazine groups is 1. The van der Waals surface area contributed by atoms with Crippen molar-refractivity contribution in [3.63, 3.8) is 0 Å². The molecule has 4 N–H and O–H groups in total. The van der Waals surface area contributed by atoms with Crippen molar-refractivity contribution < 1.29 is 4.74 Å². The minimum Gasteiger partial charge on any atom is -0.464 e. The first kappa shape index (κ1) is 11.8. The summed E-state index contributed by atoms with van der Waals surface area (Å²) in [5.41, 5.74) is 2.40. The molecular weight excluding hydrogens is 220 g/mol. The van der Waals surface area contributed by atoms with Crippen LogP contribution in [0.1, 0.15) is 26.2 Å². The van der Waals surface area contributed by atoms with Crippen LogP contribution >= 0.6 is 0 Å². The second kappa shape index (κ2) is 5.62. The van der Waals surface area contributed by atoms with E-state index in [0.717, 1.165) is 12.5 Å². The van der Waals surface area contributed by atoms with E-state index in [4.69, 9.17) is 10.6 Å². The molecule has 0 unspecified atom stereocenters. The highest BCUT2D eigenvalue weighted by atomic mass is 16.5. The van der Waals surface area contributed by atoms with Gasteiger partial charge in [0.1, 0.15) is 0 Å². The highest BCUT2D eigenvalue weighted by molar-refractivity contribution is 5.34. The molecule has 0 radical (unpaired) electrons. The average Bonchev–Trinajstić information content (AvgIpc) is 2.27. The molecule has 0 atom stereocenters. The first-order chi connectivity index (χ1) is 8.31. The quantitative estimate of drug-likeness (QED) is 0.497. The molecule has 1 aromatic rings. The Kier molecular flexibility index (Phi) is 3.92. The predicted octanol–water partition coefficient (Wildman–Crippen LogP) is 0.768. The Balaban J connectivity index is 2.00. The molecule has 1 fully saturated rings. The smallest absolute Gasteiger partial charge is 0.323 e. The van der Waals surface area contributed by atoms with E-state index in [-0.39, 0.29) is 6.01 Å². The zero-order chi connectivity index (χ0) is 12.1. The molecule has 1 aliphatic rings. The molecule has 0 bridgehead atoms. The molecule has 1 aromatic heterocycles. The van der Waals surface area contributed by atoms with E-state index in [2.05, 4.69) is 25.7 Å². The van der Waals surface area contributed by atoms with Gasteiger partial charge in [0, 0.05) is 6.54 Å². The number of ether oxygens (including phenoxy) is 1. The SMILES string of the molecule is CCOc1nc(NN)nc(NCC2CCC2)n1. The summed E-state index contributed by atoms with van der Waals surface area (Å²) in [7, 11) is 0. The molecule has 94 valence electrons. The van der Waals surface area contributed by atoms with Crippen molar-refractivity contribution in [3.05, 3.63) is 0 Å². The molecule has 0 spiro atoms. The number of rotatable bonds is 6. The number of nitrogen functional groups attached to an aromatic ring is 1. The summed E-state index contributed by atoms with van der Waals surface area (Å²) >= 11 is 0. The highest BCUT2D eigenvalue weighted by Crippen LogP contribution is 2.26. The Morgan fingerprint density at radius 1 is 1.29 bits per heavy atom. The third-order valence-corrected chi connectivity index (χ3v) is 2.79. The normalized spacial score (nSPS) is 15.2. The van der Waals surface area contributed by atoms with Gasteiger partial charge in [-0.15, -0.1) is 0 Å². The van der Waals surface area contributed by atoms with E-state index in [1.54, 1.807) is 0 Å². The summed E-state index contributed by atoms with van der Waals surface area (Å²) < 4.78 is 5.24. The van der Waals surface area contributed by atoms with Crippen LogP contribution in [0.4, 0.5) is 11.9 Å². The zero-order valence-electron chi connectivity index (χ0n) is 9.94. The maximum atomic E-state index is 5.29. The van der Waals surface area contributed by atoms with Gasteiger partial charge in [0.05, 0.1) is 6.61 Å². The number of aromatic nitrogens is 3. The molecule has 17 heavy (non-hydrogen) atoms. The average molecular weight is 238 g/mol. The third kappa shape index (κ3) is 3.16. The fourth-order valence-electron chi connectivity index (χ4n) is 1.63. The van der Waals surface area contributed by atoms with E-state index in [1.807, 2.05) is 6.92 Å². The molecule has 0 amide bonds. The minimum absolute atomic E-state index is 0.284. The van der Waals surface area contributed by atoms with Crippen LogP contribution < -0.4 is 21.3 Å². The summed E-state index contributed by atoms with van der Waals surface area (Å²) in [6.07, 6.45) is 3.88. The lowest BCUT2D eigenvalue weighted by Gasteiger charge is -2.25. The molecule has 0 aromatic carbocycles. The monoisotopic (exact) mass is 238 g/mol. The summed E-state index contributed by atoms with van der Waals surface area (Å²) in [5, 5.41) is 3.18. The van der Waals surface area contributed by atoms with Crippen molar-refractivity contribution in [1.29, 1.82) is 0 Å². The van der Waals surface area contributed by atoms with E-state index in [1.165, 1.54) is 19.3 Å². The van der Waals surface area contributed by atoms with Gasteiger partial charge in [-0.1, -0.05) is 6.42 Å². The van der Waals surface area contributed by atoms with Crippen LogP contribution in [-0.4, -0.2) is 28.1 Å². The van der Waals surface area contributed by atoms with Crippen molar-refractivity contribution in [1.82, 2.24) is 15.0 Å². The van der Waals surface area contributed by atoms with Crippen molar-refractivity contribution >= 4 is 11.9 Å². The number of anilines is 2. The van der Waals surface area contributed by atoms with E-state index in [0.29, 0.717) is 18.5 Å². The molecule has 1 saturated carbocycles. The lowest BCUT2D eigenvalue weighted by molar-refractivity contribution is 0.311. The Hall–Kier alpha value is -1.63. The van der Waals surface area contributed by atoms with Crippen molar-refractivity contribution in [2.75, 3.05) is 23.9 Å². The highest BCUT2D eigenvalue weighted by Gasteiger charge is 2.17. The van der Waals surface area contributed by atoms with Gasteiger partial charge in [-0.2, -0.15) is 15.0 Å². The van der Waals surface area contributed by atoms with Gasteiger partial charge in [0.2, 0.25) is 11.9 Å². The Morgan fingerprint density at radius 2 is 2.06 bits per heavy atom. The first-order valence-electron chi connectivity index (χ1n) is 5.91. The third-order valence-electron chi connectivity index (χ3n) is 2.79. The Bertz CT molecular complexity index is 368. The van der Waals surface area contributed by atoms with Crippen LogP contribution in [-0.2, 0) is 0 Å². The van der Waals surface area contributed by atoms with Crippen LogP contribution in [0.2, 0.25) is 0 Å². The second-order valence-corrected chi connectivity index (χ2v) is 4.02. The van der Waals surface area contributed by atoms with Crippen LogP contribution in [0, 0.1) is 5.92 Å². The summed E-state index contributed by atoms with van der Waals surface area (Å²) in [4.78, 5) is 12.2. The van der Waals surface area contributed by atoms with Crippen LogP contribution in [0.3, 0.4) is 0 Å². The molecule has 1 aliphatic carbocycles. The molecule has 7 nitrogen and oxygen atoms in total. The van der Waals surface area contributed by atoms with Crippen molar-refractivity contribution in [3.8, 4) is 6.01 Å². The number of nitrogens with two attached hydrogens (primary N) is 1. The van der Waals surface area contributed by atoms with Gasteiger partial charge in [-0.3, -0.25) is 5.43 Å². The Labute approximate surface area is 100 Å². The molecule has 7 heteroatoms. The van der Waals surface area contributed by atoms with Crippen molar-refractivity contribution in [2.24, 2.45) is 11.8 Å². The molecule has 2 rings (SSSR count). The molecule has 1 heterocycles. The van der Waals surface area contributed by atoms with E-state index >= 15 is 0 Å². The van der Waals surface area contributed by atoms with Crippen LogP contribution in [0.5, 0.6) is 6.01 Å². The largest absolute Gasteiger partial charge is 0.464 e. The first-order valence-corrected chi connectivity index (χ1v) is 5.91. The molecule has 0 saturated heterocycles. The van der Waals surface area contributed by atoms with Gasteiger partial charge in [-0.05, 0) is 25.7 Å². The van der Waals surface area contributed by atoms with Crippen molar-refractivity contribution in [2.45, 2.75) is 26.2 Å². The Morgan fingerprint density at radius 3 is 2.65 bits per heavy atom. The fourth-order valence-corrected chi connectivity index (χ4v) is 1.63. The number of nitrogens with one attached hydrogen (secondary N) is 2. The summed E-state index contributed by atoms with van der Waals surface area (Å²) in [5.74, 6) is 6.83. The van der Waals surface area contributed by atoms with Gasteiger partial charge in [-0.25, -0.2) is 5.84 Å². The number of nitrogens with zero attached hydrogens (tertiary/aromatic N) is 3. The van der Waals surface area contributed by atoms with E-state index < -0.39 is 0 Å². The molecular formula is C10H18N6O. The lowest BCUT2D eigenvalue weighted by Crippen LogP contribution is -2.22. The fraction of sp³-hybridized carbons (Fsp3) is 0.700. The maximum absolute atomic E-state index is 5.29. The van der Waals surface area contributed by atoms with Gasteiger partial charge >= 0.3 is 6.01 Å². The number of hydrogen-bond donors (Lipinski definition) is 3. The second-order valence-electron chi connectivity index (χ2n) is 4.02. The summed E-state index contributed by atoms with van der Waals surface area (Å²) in [6, 6.07) is 0.284. The lowest BCUT2D eigenvalue weighted by atomic mass is 9.85. The maximum Gasteiger partial charge on any atom is 0.323 e. The van der Waals surface area contributed by atoms with E-state index in [9.17, 15) is 0 Å². The van der Waals surface area contributed by atoms with Crippen LogP contribution in [0.25, 0.3) is 0 Å². The predicted molar refractivity (Wildman–Crippen MR) is 64.6 cm³/mol.